The summed E-state index contributed by atoms with van der Waals surface area (Å²) in [5, 5.41) is 0.496. The molecule has 0 amide bonds. The van der Waals surface area contributed by atoms with E-state index in [1.807, 2.05) is 6.07 Å². The summed E-state index contributed by atoms with van der Waals surface area (Å²) < 4.78 is 22.8. The van der Waals surface area contributed by atoms with Crippen LogP contribution in [0.2, 0.25) is 0 Å². The lowest BCUT2D eigenvalue weighted by molar-refractivity contribution is -0.0458. The maximum absolute atomic E-state index is 11.3. The van der Waals surface area contributed by atoms with E-state index >= 15 is 0 Å². The molecule has 1 aliphatic carbocycles. The number of hydrogen-bond donors (Lipinski definition) is 0. The first kappa shape index (κ1) is 12.4. The van der Waals surface area contributed by atoms with Crippen LogP contribution in [0.4, 0.5) is 0 Å². The van der Waals surface area contributed by atoms with Gasteiger partial charge in [0.25, 0.3) is 0 Å². The van der Waals surface area contributed by atoms with E-state index in [2.05, 4.69) is 5.92 Å². The van der Waals surface area contributed by atoms with Crippen molar-refractivity contribution in [2.24, 2.45) is 0 Å². The molecule has 0 bridgehead atoms. The van der Waals surface area contributed by atoms with Crippen molar-refractivity contribution >= 4 is 10.8 Å². The van der Waals surface area contributed by atoms with Crippen LogP contribution in [-0.4, -0.2) is 17.1 Å². The van der Waals surface area contributed by atoms with Crippen LogP contribution in [0.5, 0.6) is 0 Å². The third-order valence-electron chi connectivity index (χ3n) is 3.16. The predicted octanol–water partition coefficient (Wildman–Crippen LogP) is 2.44. The van der Waals surface area contributed by atoms with Gasteiger partial charge in [-0.25, -0.2) is 0 Å². The van der Waals surface area contributed by atoms with Crippen LogP contribution in [0, 0.1) is 12.3 Å². The van der Waals surface area contributed by atoms with Crippen LogP contribution < -0.4 is 0 Å². The second-order valence-corrected chi connectivity index (χ2v) is 5.58. The summed E-state index contributed by atoms with van der Waals surface area (Å²) in [5.74, 6) is 3.25. The average molecular weight is 252 g/mol. The van der Waals surface area contributed by atoms with E-state index in [4.69, 9.17) is 15.6 Å². The van der Waals surface area contributed by atoms with Gasteiger partial charge in [-0.3, -0.25) is 4.21 Å². The van der Waals surface area contributed by atoms with Crippen molar-refractivity contribution < 1.29 is 13.4 Å². The van der Waals surface area contributed by atoms with Gasteiger partial charge < -0.3 is 9.15 Å². The van der Waals surface area contributed by atoms with Crippen LogP contribution >= 0.6 is 0 Å². The van der Waals surface area contributed by atoms with E-state index in [1.54, 1.807) is 12.3 Å². The van der Waals surface area contributed by atoms with Crippen LogP contribution in [0.1, 0.15) is 31.4 Å². The number of hydrogen-bond acceptors (Lipinski definition) is 3. The molecule has 3 nitrogen and oxygen atoms in total. The standard InChI is InChI=1S/C13H16O3S/c1-3-10-15-13(8-4-5-9-13)11-6-7-12(16-11)17(2)14/h1,6-7H,4-5,8-10H2,2H3. The molecule has 0 aliphatic heterocycles. The van der Waals surface area contributed by atoms with E-state index in [-0.39, 0.29) is 6.61 Å². The maximum Gasteiger partial charge on any atom is 0.190 e. The highest BCUT2D eigenvalue weighted by Gasteiger charge is 2.39. The maximum atomic E-state index is 11.3. The van der Waals surface area contributed by atoms with Crippen molar-refractivity contribution in [2.45, 2.75) is 36.4 Å². The van der Waals surface area contributed by atoms with Crippen LogP contribution in [0.15, 0.2) is 21.6 Å². The van der Waals surface area contributed by atoms with Gasteiger partial charge in [-0.15, -0.1) is 6.42 Å². The van der Waals surface area contributed by atoms with E-state index in [0.717, 1.165) is 31.4 Å². The van der Waals surface area contributed by atoms with Gasteiger partial charge in [0.15, 0.2) is 5.09 Å². The second-order valence-electron chi connectivity index (χ2n) is 4.27. The molecular formula is C13H16O3S. The van der Waals surface area contributed by atoms with Gasteiger partial charge >= 0.3 is 0 Å². The zero-order valence-corrected chi connectivity index (χ0v) is 10.7. The van der Waals surface area contributed by atoms with Crippen molar-refractivity contribution in [2.75, 3.05) is 12.9 Å². The fourth-order valence-electron chi connectivity index (χ4n) is 2.31. The molecule has 1 aromatic heterocycles. The highest BCUT2D eigenvalue weighted by atomic mass is 32.2. The first-order chi connectivity index (χ1) is 8.18. The summed E-state index contributed by atoms with van der Waals surface area (Å²) >= 11 is 0. The Morgan fingerprint density at radius 3 is 2.76 bits per heavy atom. The quantitative estimate of drug-likeness (QED) is 0.773. The molecule has 1 aliphatic rings. The van der Waals surface area contributed by atoms with Crippen LogP contribution in [0.25, 0.3) is 0 Å². The summed E-state index contributed by atoms with van der Waals surface area (Å²) in [5.41, 5.74) is -0.399. The van der Waals surface area contributed by atoms with Gasteiger partial charge in [0, 0.05) is 6.26 Å². The molecule has 0 aromatic carbocycles. The lowest BCUT2D eigenvalue weighted by atomic mass is 9.99. The van der Waals surface area contributed by atoms with E-state index in [9.17, 15) is 4.21 Å². The zero-order valence-electron chi connectivity index (χ0n) is 9.90. The molecule has 17 heavy (non-hydrogen) atoms. The zero-order chi connectivity index (χ0) is 12.3. The number of rotatable bonds is 4. The van der Waals surface area contributed by atoms with E-state index in [1.165, 1.54) is 0 Å². The van der Waals surface area contributed by atoms with Gasteiger partial charge in [0.1, 0.15) is 18.0 Å². The monoisotopic (exact) mass is 252 g/mol. The Balaban J connectivity index is 2.26. The van der Waals surface area contributed by atoms with E-state index < -0.39 is 16.4 Å². The Morgan fingerprint density at radius 2 is 2.24 bits per heavy atom. The molecule has 1 atom stereocenters. The Morgan fingerprint density at radius 1 is 1.53 bits per heavy atom. The minimum atomic E-state index is -1.09. The molecule has 0 saturated heterocycles. The summed E-state index contributed by atoms with van der Waals surface area (Å²) in [6.45, 7) is 0.283. The fourth-order valence-corrected chi connectivity index (χ4v) is 2.77. The minimum absolute atomic E-state index is 0.283. The number of terminal acetylenes is 1. The predicted molar refractivity (Wildman–Crippen MR) is 66.0 cm³/mol. The van der Waals surface area contributed by atoms with Gasteiger partial charge in [0.05, 0.1) is 10.8 Å². The topological polar surface area (TPSA) is 39.4 Å². The molecule has 1 fully saturated rings. The molecule has 1 saturated carbocycles. The average Bonchev–Trinajstić information content (AvgIpc) is 2.95. The van der Waals surface area contributed by atoms with Gasteiger partial charge in [-0.2, -0.15) is 0 Å². The second kappa shape index (κ2) is 5.07. The Labute approximate surface area is 104 Å². The lowest BCUT2D eigenvalue weighted by Gasteiger charge is -2.25. The molecule has 0 radical (unpaired) electrons. The third kappa shape index (κ3) is 2.46. The largest absolute Gasteiger partial charge is 0.449 e. The third-order valence-corrected chi connectivity index (χ3v) is 3.94. The molecule has 4 heteroatoms. The van der Waals surface area contributed by atoms with Gasteiger partial charge in [-0.05, 0) is 37.8 Å². The number of furan rings is 1. The summed E-state index contributed by atoms with van der Waals surface area (Å²) in [6, 6.07) is 3.61. The normalized spacial score (nSPS) is 20.0. The smallest absolute Gasteiger partial charge is 0.190 e. The Hall–Kier alpha value is -1.05. The van der Waals surface area contributed by atoms with Crippen molar-refractivity contribution in [3.8, 4) is 12.3 Å². The van der Waals surface area contributed by atoms with Crippen molar-refractivity contribution in [1.29, 1.82) is 0 Å². The van der Waals surface area contributed by atoms with E-state index in [0.29, 0.717) is 5.09 Å². The highest BCUT2D eigenvalue weighted by Crippen LogP contribution is 2.42. The highest BCUT2D eigenvalue weighted by molar-refractivity contribution is 7.84. The van der Waals surface area contributed by atoms with Crippen LogP contribution in [-0.2, 0) is 21.1 Å². The molecule has 0 N–H and O–H groups in total. The number of ether oxygens (including phenoxy) is 1. The molecule has 2 rings (SSSR count). The van der Waals surface area contributed by atoms with Gasteiger partial charge in [0.2, 0.25) is 0 Å². The molecule has 1 heterocycles. The molecule has 0 spiro atoms. The summed E-state index contributed by atoms with van der Waals surface area (Å²) in [4.78, 5) is 0. The molecule has 1 unspecified atom stereocenters. The Kier molecular flexibility index (Phi) is 3.70. The summed E-state index contributed by atoms with van der Waals surface area (Å²) in [7, 11) is -1.09. The van der Waals surface area contributed by atoms with Gasteiger partial charge in [-0.1, -0.05) is 5.92 Å². The first-order valence-electron chi connectivity index (χ1n) is 5.69. The lowest BCUT2D eigenvalue weighted by Crippen LogP contribution is -2.25. The minimum Gasteiger partial charge on any atom is -0.449 e. The molecular weight excluding hydrogens is 236 g/mol. The first-order valence-corrected chi connectivity index (χ1v) is 7.25. The molecule has 92 valence electrons. The van der Waals surface area contributed by atoms with Crippen molar-refractivity contribution in [3.63, 3.8) is 0 Å². The molecule has 1 aromatic rings. The Bertz CT molecular complexity index is 449. The van der Waals surface area contributed by atoms with Crippen LogP contribution in [0.3, 0.4) is 0 Å². The fraction of sp³-hybridized carbons (Fsp3) is 0.538. The summed E-state index contributed by atoms with van der Waals surface area (Å²) in [6.07, 6.45) is 10.9. The van der Waals surface area contributed by atoms with Crippen molar-refractivity contribution in [3.05, 3.63) is 17.9 Å². The van der Waals surface area contributed by atoms with Crippen molar-refractivity contribution in [1.82, 2.24) is 0 Å². The SMILES string of the molecule is C#CCOC1(c2ccc(S(C)=O)o2)CCCC1.